The van der Waals surface area contributed by atoms with Crippen LogP contribution in [0.4, 0.5) is 0 Å². The smallest absolute Gasteiger partial charge is 0.230 e. The van der Waals surface area contributed by atoms with E-state index in [2.05, 4.69) is 5.16 Å². The van der Waals surface area contributed by atoms with E-state index >= 15 is 0 Å². The normalized spacial score (nSPS) is 18.2. The van der Waals surface area contributed by atoms with E-state index in [0.29, 0.717) is 38.1 Å². The van der Waals surface area contributed by atoms with Gasteiger partial charge < -0.3 is 14.3 Å². The summed E-state index contributed by atoms with van der Waals surface area (Å²) < 4.78 is 5.66. The number of rotatable bonds is 6. The summed E-state index contributed by atoms with van der Waals surface area (Å²) in [5.41, 5.74) is 3.13. The Bertz CT molecular complexity index is 1120. The molecule has 33 heavy (non-hydrogen) atoms. The van der Waals surface area contributed by atoms with Crippen molar-refractivity contribution in [1.82, 2.24) is 15.0 Å². The molecule has 0 radical (unpaired) electrons. The van der Waals surface area contributed by atoms with Crippen molar-refractivity contribution in [1.29, 1.82) is 0 Å². The third kappa shape index (κ3) is 5.16. The molecule has 1 aliphatic rings. The Morgan fingerprint density at radius 3 is 2.61 bits per heavy atom. The van der Waals surface area contributed by atoms with Crippen molar-refractivity contribution >= 4 is 11.8 Å². The van der Waals surface area contributed by atoms with Crippen LogP contribution in [0.5, 0.6) is 0 Å². The molecule has 1 fully saturated rings. The van der Waals surface area contributed by atoms with E-state index in [1.54, 1.807) is 19.0 Å². The number of piperidine rings is 1. The van der Waals surface area contributed by atoms with Crippen LogP contribution < -0.4 is 0 Å². The molecule has 0 N–H and O–H groups in total. The van der Waals surface area contributed by atoms with Gasteiger partial charge in [0.25, 0.3) is 0 Å². The van der Waals surface area contributed by atoms with Crippen molar-refractivity contribution in [2.75, 3.05) is 27.2 Å². The number of benzene rings is 2. The Hall–Kier alpha value is -3.41. The van der Waals surface area contributed by atoms with Crippen molar-refractivity contribution in [3.8, 4) is 11.3 Å². The largest absolute Gasteiger partial charge is 0.361 e. The molecule has 1 aliphatic heterocycles. The van der Waals surface area contributed by atoms with Gasteiger partial charge in [-0.3, -0.25) is 9.59 Å². The van der Waals surface area contributed by atoms with Crippen LogP contribution >= 0.6 is 0 Å². The Balaban J connectivity index is 1.55. The summed E-state index contributed by atoms with van der Waals surface area (Å²) in [5, 5.41) is 4.22. The van der Waals surface area contributed by atoms with Gasteiger partial charge in [-0.1, -0.05) is 65.3 Å². The molecule has 6 nitrogen and oxygen atoms in total. The Kier molecular flexibility index (Phi) is 6.63. The Morgan fingerprint density at radius 1 is 1.09 bits per heavy atom. The highest BCUT2D eigenvalue weighted by molar-refractivity contribution is 5.85. The first kappa shape index (κ1) is 22.8. The summed E-state index contributed by atoms with van der Waals surface area (Å²) in [6, 6.07) is 19.8. The van der Waals surface area contributed by atoms with Crippen LogP contribution in [0.25, 0.3) is 11.3 Å². The zero-order valence-electron chi connectivity index (χ0n) is 19.6. The molecule has 2 amide bonds. The Labute approximate surface area is 195 Å². The van der Waals surface area contributed by atoms with Crippen LogP contribution in [0.15, 0.2) is 65.2 Å². The molecule has 2 aromatic carbocycles. The minimum atomic E-state index is -0.725. The van der Waals surface area contributed by atoms with Crippen LogP contribution in [0.3, 0.4) is 0 Å². The fraction of sp³-hybridized carbons (Fsp3) is 0.370. The predicted octanol–water partition coefficient (Wildman–Crippen LogP) is 4.13. The lowest BCUT2D eigenvalue weighted by Crippen LogP contribution is -2.54. The number of amides is 2. The highest BCUT2D eigenvalue weighted by atomic mass is 16.5. The molecule has 1 aromatic heterocycles. The van der Waals surface area contributed by atoms with Gasteiger partial charge in [0, 0.05) is 45.2 Å². The van der Waals surface area contributed by atoms with Gasteiger partial charge in [0.2, 0.25) is 11.8 Å². The van der Waals surface area contributed by atoms with E-state index in [4.69, 9.17) is 4.52 Å². The van der Waals surface area contributed by atoms with E-state index in [1.807, 2.05) is 72.5 Å². The van der Waals surface area contributed by atoms with E-state index in [1.165, 1.54) is 0 Å². The summed E-state index contributed by atoms with van der Waals surface area (Å²) in [6.45, 7) is 3.07. The number of nitrogens with zero attached hydrogens (tertiary/aromatic N) is 3. The second kappa shape index (κ2) is 9.61. The fourth-order valence-corrected chi connectivity index (χ4v) is 4.80. The first-order valence-electron chi connectivity index (χ1n) is 11.4. The van der Waals surface area contributed by atoms with E-state index < -0.39 is 5.41 Å². The molecule has 6 heteroatoms. The molecular formula is C27H31N3O3. The zero-order chi connectivity index (χ0) is 23.4. The maximum absolute atomic E-state index is 13.4. The summed E-state index contributed by atoms with van der Waals surface area (Å²) >= 11 is 0. The lowest BCUT2D eigenvalue weighted by molar-refractivity contribution is -0.147. The standard InChI is InChI=1S/C27H31N3O3/c1-20-9-7-10-21(15-20)16-25(31)30-14-8-13-27(19-30,26(32)29(2)3)18-23-17-24(28-33-23)22-11-5-4-6-12-22/h4-7,9-12,15,17H,8,13-14,16,18-19H2,1-3H3/t27-/m0/s1. The summed E-state index contributed by atoms with van der Waals surface area (Å²) in [4.78, 5) is 30.0. The number of carbonyl (C=O) groups excluding carboxylic acids is 2. The summed E-state index contributed by atoms with van der Waals surface area (Å²) in [7, 11) is 3.54. The average Bonchev–Trinajstić information content (AvgIpc) is 3.27. The maximum atomic E-state index is 13.4. The average molecular weight is 446 g/mol. The molecule has 0 unspecified atom stereocenters. The molecule has 1 saturated heterocycles. The first-order valence-corrected chi connectivity index (χ1v) is 11.4. The molecule has 172 valence electrons. The van der Waals surface area contributed by atoms with Gasteiger partial charge >= 0.3 is 0 Å². The van der Waals surface area contributed by atoms with Gasteiger partial charge in [-0.05, 0) is 25.3 Å². The lowest BCUT2D eigenvalue weighted by atomic mass is 9.75. The van der Waals surface area contributed by atoms with Gasteiger partial charge in [-0.25, -0.2) is 0 Å². The van der Waals surface area contributed by atoms with E-state index in [0.717, 1.165) is 28.8 Å². The van der Waals surface area contributed by atoms with Gasteiger partial charge in [0.1, 0.15) is 11.5 Å². The van der Waals surface area contributed by atoms with Crippen molar-refractivity contribution in [3.05, 3.63) is 77.6 Å². The third-order valence-electron chi connectivity index (χ3n) is 6.37. The number of hydrogen-bond donors (Lipinski definition) is 0. The van der Waals surface area contributed by atoms with Gasteiger partial charge in [-0.2, -0.15) is 0 Å². The predicted molar refractivity (Wildman–Crippen MR) is 127 cm³/mol. The van der Waals surface area contributed by atoms with Crippen LogP contribution in [-0.2, 0) is 22.4 Å². The molecule has 4 rings (SSSR count). The Morgan fingerprint density at radius 2 is 1.88 bits per heavy atom. The molecule has 0 spiro atoms. The number of aromatic nitrogens is 1. The molecule has 0 bridgehead atoms. The number of likely N-dealkylation sites (tertiary alicyclic amines) is 1. The monoisotopic (exact) mass is 445 g/mol. The van der Waals surface area contributed by atoms with E-state index in [-0.39, 0.29) is 11.8 Å². The van der Waals surface area contributed by atoms with Crippen molar-refractivity contribution in [2.45, 2.75) is 32.6 Å². The van der Waals surface area contributed by atoms with Crippen LogP contribution in [0, 0.1) is 12.3 Å². The third-order valence-corrected chi connectivity index (χ3v) is 6.37. The number of aryl methyl sites for hydroxylation is 1. The van der Waals surface area contributed by atoms with Crippen molar-refractivity contribution in [3.63, 3.8) is 0 Å². The molecule has 1 atom stereocenters. The number of carbonyl (C=O) groups is 2. The zero-order valence-corrected chi connectivity index (χ0v) is 19.6. The molecule has 2 heterocycles. The minimum Gasteiger partial charge on any atom is -0.361 e. The van der Waals surface area contributed by atoms with Crippen LogP contribution in [0.1, 0.15) is 29.7 Å². The highest BCUT2D eigenvalue weighted by Gasteiger charge is 2.45. The highest BCUT2D eigenvalue weighted by Crippen LogP contribution is 2.36. The second-order valence-electron chi connectivity index (χ2n) is 9.29. The van der Waals surface area contributed by atoms with Gasteiger partial charge in [-0.15, -0.1) is 0 Å². The topological polar surface area (TPSA) is 66.7 Å². The SMILES string of the molecule is Cc1cccc(CC(=O)N2CCC[C@@](Cc3cc(-c4ccccc4)no3)(C(=O)N(C)C)C2)c1. The lowest BCUT2D eigenvalue weighted by Gasteiger charge is -2.42. The number of hydrogen-bond acceptors (Lipinski definition) is 4. The summed E-state index contributed by atoms with van der Waals surface area (Å²) in [6.07, 6.45) is 2.24. The molecule has 3 aromatic rings. The molecule has 0 aliphatic carbocycles. The molecular weight excluding hydrogens is 414 g/mol. The van der Waals surface area contributed by atoms with Gasteiger partial charge in [0.15, 0.2) is 0 Å². The quantitative estimate of drug-likeness (QED) is 0.572. The van der Waals surface area contributed by atoms with Crippen LogP contribution in [-0.4, -0.2) is 54.0 Å². The minimum absolute atomic E-state index is 0.0215. The molecule has 0 saturated carbocycles. The second-order valence-corrected chi connectivity index (χ2v) is 9.29. The first-order chi connectivity index (χ1) is 15.9. The van der Waals surface area contributed by atoms with Crippen LogP contribution in [0.2, 0.25) is 0 Å². The van der Waals surface area contributed by atoms with Crippen molar-refractivity contribution < 1.29 is 14.1 Å². The van der Waals surface area contributed by atoms with Gasteiger partial charge in [0.05, 0.1) is 11.8 Å². The maximum Gasteiger partial charge on any atom is 0.230 e. The van der Waals surface area contributed by atoms with E-state index in [9.17, 15) is 9.59 Å². The summed E-state index contributed by atoms with van der Waals surface area (Å²) in [5.74, 6) is 0.740. The van der Waals surface area contributed by atoms with Crippen molar-refractivity contribution in [2.24, 2.45) is 5.41 Å². The fourth-order valence-electron chi connectivity index (χ4n) is 4.80.